The third kappa shape index (κ3) is 2.65. The lowest BCUT2D eigenvalue weighted by Crippen LogP contribution is -2.40. The van der Waals surface area contributed by atoms with Gasteiger partial charge in [0, 0.05) is 25.3 Å². The number of nitrogens with zero attached hydrogens (tertiary/aromatic N) is 2. The molecular weight excluding hydrogens is 316 g/mol. The van der Waals surface area contributed by atoms with Crippen LogP contribution in [0.1, 0.15) is 32.7 Å². The minimum absolute atomic E-state index is 0.187. The first kappa shape index (κ1) is 15.7. The lowest BCUT2D eigenvalue weighted by molar-refractivity contribution is 0.0658. The quantitative estimate of drug-likeness (QED) is 0.806. The summed E-state index contributed by atoms with van der Waals surface area (Å²) in [7, 11) is 1.67. The molecule has 2 aromatic rings. The van der Waals surface area contributed by atoms with Crippen LogP contribution in [0.15, 0.2) is 42.5 Å². The van der Waals surface area contributed by atoms with Crippen molar-refractivity contribution in [2.24, 2.45) is 0 Å². The van der Waals surface area contributed by atoms with Gasteiger partial charge in [0.1, 0.15) is 5.75 Å². The maximum Gasteiger partial charge on any atom is 0.261 e. The lowest BCUT2D eigenvalue weighted by atomic mass is 10.0. The van der Waals surface area contributed by atoms with Crippen LogP contribution in [-0.2, 0) is 6.42 Å². The van der Waals surface area contributed by atoms with Crippen LogP contribution in [0.4, 0.5) is 5.69 Å². The molecule has 0 N–H and O–H groups in total. The molecule has 2 aliphatic rings. The van der Waals surface area contributed by atoms with E-state index in [1.165, 1.54) is 16.2 Å². The molecule has 5 heteroatoms. The van der Waals surface area contributed by atoms with Crippen molar-refractivity contribution in [1.82, 2.24) is 4.90 Å². The van der Waals surface area contributed by atoms with Crippen LogP contribution < -0.4 is 9.64 Å². The van der Waals surface area contributed by atoms with Gasteiger partial charge in [0.15, 0.2) is 0 Å². The zero-order chi connectivity index (χ0) is 17.4. The van der Waals surface area contributed by atoms with E-state index in [0.717, 1.165) is 25.1 Å². The molecule has 4 rings (SSSR count). The number of carbonyl (C=O) groups is 2. The molecule has 0 fully saturated rings. The van der Waals surface area contributed by atoms with Crippen molar-refractivity contribution in [2.75, 3.05) is 31.6 Å². The molecule has 0 atom stereocenters. The van der Waals surface area contributed by atoms with Crippen LogP contribution in [-0.4, -0.2) is 43.5 Å². The molecule has 0 aromatic heterocycles. The van der Waals surface area contributed by atoms with E-state index in [1.54, 1.807) is 31.4 Å². The minimum Gasteiger partial charge on any atom is -0.497 e. The molecule has 0 saturated heterocycles. The normalized spacial score (nSPS) is 16.0. The number of anilines is 1. The van der Waals surface area contributed by atoms with Crippen molar-refractivity contribution in [3.8, 4) is 5.75 Å². The molecule has 0 spiro atoms. The summed E-state index contributed by atoms with van der Waals surface area (Å²) >= 11 is 0. The number of imide groups is 1. The van der Waals surface area contributed by atoms with Gasteiger partial charge in [-0.1, -0.05) is 12.1 Å². The van der Waals surface area contributed by atoms with Crippen molar-refractivity contribution in [3.05, 3.63) is 59.2 Å². The van der Waals surface area contributed by atoms with E-state index < -0.39 is 0 Å². The van der Waals surface area contributed by atoms with E-state index in [-0.39, 0.29) is 11.8 Å². The second kappa shape index (κ2) is 6.24. The zero-order valence-corrected chi connectivity index (χ0v) is 14.2. The third-order valence-corrected chi connectivity index (χ3v) is 4.97. The van der Waals surface area contributed by atoms with Crippen LogP contribution in [0.3, 0.4) is 0 Å². The number of methoxy groups -OCH3 is 1. The lowest BCUT2D eigenvalue weighted by Gasteiger charge is -2.32. The van der Waals surface area contributed by atoms with E-state index in [4.69, 9.17) is 4.74 Å². The minimum atomic E-state index is -0.187. The zero-order valence-electron chi connectivity index (χ0n) is 14.2. The van der Waals surface area contributed by atoms with Crippen molar-refractivity contribution >= 4 is 17.5 Å². The molecule has 0 saturated carbocycles. The standard InChI is InChI=1S/C20H20N2O3/c1-25-15-8-9-18-14(13-15)5-4-10-21(18)11-12-22-19(23)16-6-2-3-7-17(16)20(22)24/h2-3,6-9,13H,4-5,10-12H2,1H3. The monoisotopic (exact) mass is 336 g/mol. The highest BCUT2D eigenvalue weighted by Gasteiger charge is 2.35. The summed E-state index contributed by atoms with van der Waals surface area (Å²) in [5.41, 5.74) is 3.45. The van der Waals surface area contributed by atoms with Gasteiger partial charge in [0.05, 0.1) is 18.2 Å². The Morgan fingerprint density at radius 3 is 2.40 bits per heavy atom. The molecule has 2 aromatic carbocycles. The van der Waals surface area contributed by atoms with Crippen LogP contribution in [0.5, 0.6) is 5.75 Å². The SMILES string of the molecule is COc1ccc2c(c1)CCCN2CCN1C(=O)c2ccccc2C1=O. The summed E-state index contributed by atoms with van der Waals surface area (Å²) in [5.74, 6) is 0.487. The van der Waals surface area contributed by atoms with E-state index in [9.17, 15) is 9.59 Å². The second-order valence-electron chi connectivity index (χ2n) is 6.39. The number of hydrogen-bond acceptors (Lipinski definition) is 4. The van der Waals surface area contributed by atoms with Crippen LogP contribution in [0, 0.1) is 0 Å². The predicted octanol–water partition coefficient (Wildman–Crippen LogP) is 2.74. The largest absolute Gasteiger partial charge is 0.497 e. The summed E-state index contributed by atoms with van der Waals surface area (Å²) < 4.78 is 5.30. The summed E-state index contributed by atoms with van der Waals surface area (Å²) in [6.45, 7) is 1.98. The molecular formula is C20H20N2O3. The Labute approximate surface area is 146 Å². The average molecular weight is 336 g/mol. The third-order valence-electron chi connectivity index (χ3n) is 4.97. The van der Waals surface area contributed by atoms with E-state index in [2.05, 4.69) is 17.0 Å². The summed E-state index contributed by atoms with van der Waals surface area (Å²) in [6.07, 6.45) is 2.08. The Hall–Kier alpha value is -2.82. The highest BCUT2D eigenvalue weighted by Crippen LogP contribution is 2.30. The highest BCUT2D eigenvalue weighted by atomic mass is 16.5. The highest BCUT2D eigenvalue weighted by molar-refractivity contribution is 6.21. The number of amides is 2. The fourth-order valence-electron chi connectivity index (χ4n) is 3.67. The van der Waals surface area contributed by atoms with Crippen molar-refractivity contribution in [2.45, 2.75) is 12.8 Å². The van der Waals surface area contributed by atoms with E-state index >= 15 is 0 Å². The molecule has 0 bridgehead atoms. The van der Waals surface area contributed by atoms with E-state index in [1.807, 2.05) is 6.07 Å². The van der Waals surface area contributed by atoms with Gasteiger partial charge < -0.3 is 9.64 Å². The Morgan fingerprint density at radius 2 is 1.72 bits per heavy atom. The molecule has 2 aliphatic heterocycles. The number of carbonyl (C=O) groups excluding carboxylic acids is 2. The number of fused-ring (bicyclic) bond motifs is 2. The van der Waals surface area contributed by atoms with Gasteiger partial charge >= 0.3 is 0 Å². The Bertz CT molecular complexity index is 812. The van der Waals surface area contributed by atoms with Gasteiger partial charge in [-0.15, -0.1) is 0 Å². The van der Waals surface area contributed by atoms with Crippen LogP contribution in [0.2, 0.25) is 0 Å². The molecule has 2 amide bonds. The Kier molecular flexibility index (Phi) is 3.92. The molecule has 2 heterocycles. The number of benzene rings is 2. The van der Waals surface area contributed by atoms with Gasteiger partial charge in [0.25, 0.3) is 11.8 Å². The Balaban J connectivity index is 1.50. The maximum absolute atomic E-state index is 12.5. The van der Waals surface area contributed by atoms with Gasteiger partial charge in [-0.05, 0) is 48.7 Å². The average Bonchev–Trinajstić information content (AvgIpc) is 2.90. The van der Waals surface area contributed by atoms with Gasteiger partial charge in [-0.25, -0.2) is 0 Å². The number of aryl methyl sites for hydroxylation is 1. The van der Waals surface area contributed by atoms with Crippen molar-refractivity contribution < 1.29 is 14.3 Å². The van der Waals surface area contributed by atoms with Gasteiger partial charge in [0.2, 0.25) is 0 Å². The first-order valence-corrected chi connectivity index (χ1v) is 8.56. The smallest absolute Gasteiger partial charge is 0.261 e. The summed E-state index contributed by atoms with van der Waals surface area (Å²) in [5, 5.41) is 0. The first-order chi connectivity index (χ1) is 12.2. The maximum atomic E-state index is 12.5. The molecule has 0 radical (unpaired) electrons. The van der Waals surface area contributed by atoms with Crippen LogP contribution in [0.25, 0.3) is 0 Å². The second-order valence-corrected chi connectivity index (χ2v) is 6.39. The van der Waals surface area contributed by atoms with Crippen LogP contribution >= 0.6 is 0 Å². The van der Waals surface area contributed by atoms with Crippen molar-refractivity contribution in [3.63, 3.8) is 0 Å². The first-order valence-electron chi connectivity index (χ1n) is 8.56. The predicted molar refractivity (Wildman–Crippen MR) is 95.3 cm³/mol. The van der Waals surface area contributed by atoms with Crippen molar-refractivity contribution in [1.29, 1.82) is 0 Å². The molecule has 128 valence electrons. The fraction of sp³-hybridized carbons (Fsp3) is 0.300. The summed E-state index contributed by atoms with van der Waals surface area (Å²) in [6, 6.07) is 13.1. The van der Waals surface area contributed by atoms with Gasteiger partial charge in [-0.2, -0.15) is 0 Å². The topological polar surface area (TPSA) is 49.9 Å². The van der Waals surface area contributed by atoms with E-state index in [0.29, 0.717) is 24.2 Å². The van der Waals surface area contributed by atoms with Gasteiger partial charge in [-0.3, -0.25) is 14.5 Å². The molecule has 5 nitrogen and oxygen atoms in total. The molecule has 0 unspecified atom stereocenters. The Morgan fingerprint density at radius 1 is 1.00 bits per heavy atom. The summed E-state index contributed by atoms with van der Waals surface area (Å²) in [4.78, 5) is 28.6. The molecule has 0 aliphatic carbocycles. The number of ether oxygens (including phenoxy) is 1. The molecule has 25 heavy (non-hydrogen) atoms. The number of rotatable bonds is 4. The fourth-order valence-corrected chi connectivity index (χ4v) is 3.67. The number of hydrogen-bond donors (Lipinski definition) is 0.